The van der Waals surface area contributed by atoms with Crippen LogP contribution >= 0.6 is 15.9 Å². The summed E-state index contributed by atoms with van der Waals surface area (Å²) < 4.78 is 26.8. The van der Waals surface area contributed by atoms with Crippen molar-refractivity contribution in [3.05, 3.63) is 51.2 Å². The molecule has 1 atom stereocenters. The molecule has 0 aliphatic heterocycles. The van der Waals surface area contributed by atoms with Gasteiger partial charge in [-0.1, -0.05) is 22.9 Å². The van der Waals surface area contributed by atoms with Crippen molar-refractivity contribution in [1.29, 1.82) is 0 Å². The van der Waals surface area contributed by atoms with Gasteiger partial charge in [-0.3, -0.25) is 9.59 Å². The lowest BCUT2D eigenvalue weighted by atomic mass is 10.2. The predicted octanol–water partition coefficient (Wildman–Crippen LogP) is 1.75. The minimum absolute atomic E-state index is 0.0436. The summed E-state index contributed by atoms with van der Waals surface area (Å²) in [5.74, 6) is -0.401. The van der Waals surface area contributed by atoms with E-state index in [-0.39, 0.29) is 22.5 Å². The standard InChI is InChI=1S/C16H18BrN3O4S/c1-3-11(2)18-14(21)10-20-16(22)9-8-15(19-20)25(23,24)13-6-4-12(17)5-7-13/h4-9,11H,3,10H2,1-2H3,(H,18,21)/t11-/m1/s1. The Morgan fingerprint density at radius 1 is 1.24 bits per heavy atom. The van der Waals surface area contributed by atoms with Gasteiger partial charge in [0.05, 0.1) is 4.90 Å². The van der Waals surface area contributed by atoms with Crippen LogP contribution in [-0.4, -0.2) is 30.1 Å². The van der Waals surface area contributed by atoms with Crippen LogP contribution in [0.2, 0.25) is 0 Å². The number of carbonyl (C=O) groups is 1. The van der Waals surface area contributed by atoms with Gasteiger partial charge in [0, 0.05) is 16.6 Å². The van der Waals surface area contributed by atoms with Crippen molar-refractivity contribution in [3.8, 4) is 0 Å². The number of nitrogens with one attached hydrogen (secondary N) is 1. The van der Waals surface area contributed by atoms with Gasteiger partial charge in [-0.05, 0) is 43.7 Å². The van der Waals surface area contributed by atoms with E-state index >= 15 is 0 Å². The minimum Gasteiger partial charge on any atom is -0.352 e. The topological polar surface area (TPSA) is 98.1 Å². The lowest BCUT2D eigenvalue weighted by molar-refractivity contribution is -0.122. The number of nitrogens with zero attached hydrogens (tertiary/aromatic N) is 2. The lowest BCUT2D eigenvalue weighted by Gasteiger charge is -2.12. The minimum atomic E-state index is -3.88. The maximum Gasteiger partial charge on any atom is 0.267 e. The Morgan fingerprint density at radius 3 is 2.48 bits per heavy atom. The van der Waals surface area contributed by atoms with Crippen molar-refractivity contribution < 1.29 is 13.2 Å². The first-order valence-corrected chi connectivity index (χ1v) is 9.90. The number of aromatic nitrogens is 2. The Labute approximate surface area is 154 Å². The fourth-order valence-electron chi connectivity index (χ4n) is 1.98. The molecule has 134 valence electrons. The third-order valence-electron chi connectivity index (χ3n) is 3.55. The average Bonchev–Trinajstić information content (AvgIpc) is 2.56. The zero-order valence-electron chi connectivity index (χ0n) is 13.8. The predicted molar refractivity (Wildman–Crippen MR) is 96.0 cm³/mol. The van der Waals surface area contributed by atoms with Gasteiger partial charge in [0.15, 0.2) is 5.03 Å². The number of rotatable bonds is 6. The Bertz CT molecular complexity index is 923. The van der Waals surface area contributed by atoms with Gasteiger partial charge in [0.25, 0.3) is 5.56 Å². The smallest absolute Gasteiger partial charge is 0.267 e. The fraction of sp³-hybridized carbons (Fsp3) is 0.312. The van der Waals surface area contributed by atoms with E-state index in [4.69, 9.17) is 0 Å². The van der Waals surface area contributed by atoms with E-state index in [1.165, 1.54) is 12.1 Å². The van der Waals surface area contributed by atoms with Crippen molar-refractivity contribution in [1.82, 2.24) is 15.1 Å². The van der Waals surface area contributed by atoms with Crippen LogP contribution in [0.1, 0.15) is 20.3 Å². The third kappa shape index (κ3) is 4.76. The molecule has 1 aromatic carbocycles. The summed E-state index contributed by atoms with van der Waals surface area (Å²) in [6.07, 6.45) is 0.742. The van der Waals surface area contributed by atoms with Crippen LogP contribution in [0, 0.1) is 0 Å². The molecule has 7 nitrogen and oxygen atoms in total. The highest BCUT2D eigenvalue weighted by Crippen LogP contribution is 2.20. The van der Waals surface area contributed by atoms with Crippen LogP contribution in [0.25, 0.3) is 0 Å². The summed E-state index contributed by atoms with van der Waals surface area (Å²) in [4.78, 5) is 23.9. The van der Waals surface area contributed by atoms with Crippen molar-refractivity contribution in [2.75, 3.05) is 0 Å². The van der Waals surface area contributed by atoms with E-state index in [0.29, 0.717) is 0 Å². The van der Waals surface area contributed by atoms with Gasteiger partial charge in [-0.15, -0.1) is 0 Å². The average molecular weight is 428 g/mol. The lowest BCUT2D eigenvalue weighted by Crippen LogP contribution is -2.38. The molecule has 0 fully saturated rings. The zero-order valence-corrected chi connectivity index (χ0v) is 16.2. The molecule has 25 heavy (non-hydrogen) atoms. The second kappa shape index (κ2) is 7.92. The highest BCUT2D eigenvalue weighted by molar-refractivity contribution is 9.10. The van der Waals surface area contributed by atoms with E-state index in [9.17, 15) is 18.0 Å². The number of hydrogen-bond acceptors (Lipinski definition) is 5. The molecule has 9 heteroatoms. The van der Waals surface area contributed by atoms with Crippen LogP contribution < -0.4 is 10.9 Å². The second-order valence-corrected chi connectivity index (χ2v) is 8.31. The number of sulfone groups is 1. The molecule has 0 bridgehead atoms. The normalized spacial score (nSPS) is 12.6. The summed E-state index contributed by atoms with van der Waals surface area (Å²) in [6, 6.07) is 8.26. The Balaban J connectivity index is 2.33. The van der Waals surface area contributed by atoms with Crippen LogP contribution in [0.4, 0.5) is 0 Å². The molecule has 0 spiro atoms. The monoisotopic (exact) mass is 427 g/mol. The molecule has 2 aromatic rings. The van der Waals surface area contributed by atoms with Gasteiger partial charge in [0.1, 0.15) is 6.54 Å². The molecule has 0 saturated carbocycles. The summed E-state index contributed by atoms with van der Waals surface area (Å²) in [5.41, 5.74) is -0.547. The van der Waals surface area contributed by atoms with Crippen LogP contribution in [0.3, 0.4) is 0 Å². The quantitative estimate of drug-likeness (QED) is 0.756. The van der Waals surface area contributed by atoms with Crippen molar-refractivity contribution in [2.45, 2.75) is 42.8 Å². The van der Waals surface area contributed by atoms with Crippen LogP contribution in [0.15, 0.2) is 55.6 Å². The number of amides is 1. The van der Waals surface area contributed by atoms with Crippen LogP contribution in [-0.2, 0) is 21.2 Å². The van der Waals surface area contributed by atoms with Crippen LogP contribution in [0.5, 0.6) is 0 Å². The summed E-state index contributed by atoms with van der Waals surface area (Å²) in [5, 5.41) is 6.28. The molecule has 1 aromatic heterocycles. The molecule has 0 saturated heterocycles. The molecule has 2 rings (SSSR count). The number of carbonyl (C=O) groups excluding carboxylic acids is 1. The highest BCUT2D eigenvalue weighted by Gasteiger charge is 2.21. The van der Waals surface area contributed by atoms with E-state index < -0.39 is 21.3 Å². The summed E-state index contributed by atoms with van der Waals surface area (Å²) in [6.45, 7) is 3.41. The summed E-state index contributed by atoms with van der Waals surface area (Å²) >= 11 is 3.24. The molecule has 1 N–H and O–H groups in total. The SMILES string of the molecule is CC[C@@H](C)NC(=O)Cn1nc(S(=O)(=O)c2ccc(Br)cc2)ccc1=O. The maximum atomic E-state index is 12.6. The first-order valence-electron chi connectivity index (χ1n) is 7.62. The molecular weight excluding hydrogens is 410 g/mol. The molecule has 0 aliphatic rings. The fourth-order valence-corrected chi connectivity index (χ4v) is 3.43. The van der Waals surface area contributed by atoms with Gasteiger partial charge < -0.3 is 5.32 Å². The third-order valence-corrected chi connectivity index (χ3v) is 5.74. The van der Waals surface area contributed by atoms with Gasteiger partial charge in [-0.2, -0.15) is 5.10 Å². The first kappa shape index (κ1) is 19.3. The van der Waals surface area contributed by atoms with E-state index in [2.05, 4.69) is 26.3 Å². The summed E-state index contributed by atoms with van der Waals surface area (Å²) in [7, 11) is -3.88. The maximum absolute atomic E-state index is 12.6. The highest BCUT2D eigenvalue weighted by atomic mass is 79.9. The largest absolute Gasteiger partial charge is 0.352 e. The van der Waals surface area contributed by atoms with E-state index in [1.807, 2.05) is 13.8 Å². The second-order valence-electron chi connectivity index (χ2n) is 5.50. The van der Waals surface area contributed by atoms with Crippen molar-refractivity contribution in [2.24, 2.45) is 0 Å². The molecule has 0 aliphatic carbocycles. The molecule has 1 heterocycles. The van der Waals surface area contributed by atoms with E-state index in [0.717, 1.165) is 27.7 Å². The zero-order chi connectivity index (χ0) is 18.6. The van der Waals surface area contributed by atoms with Gasteiger partial charge in [0.2, 0.25) is 15.7 Å². The van der Waals surface area contributed by atoms with Crippen molar-refractivity contribution >= 4 is 31.7 Å². The van der Waals surface area contributed by atoms with Gasteiger partial charge in [-0.25, -0.2) is 13.1 Å². The molecular formula is C16H18BrN3O4S. The number of benzene rings is 1. The Kier molecular flexibility index (Phi) is 6.12. The first-order chi connectivity index (χ1) is 11.7. The number of hydrogen-bond donors (Lipinski definition) is 1. The number of halogens is 1. The Morgan fingerprint density at radius 2 is 1.88 bits per heavy atom. The van der Waals surface area contributed by atoms with Crippen molar-refractivity contribution in [3.63, 3.8) is 0 Å². The molecule has 0 unspecified atom stereocenters. The van der Waals surface area contributed by atoms with E-state index in [1.54, 1.807) is 12.1 Å². The Hall–Kier alpha value is -2.00. The molecule has 1 amide bonds. The van der Waals surface area contributed by atoms with Gasteiger partial charge >= 0.3 is 0 Å². The molecule has 0 radical (unpaired) electrons.